The maximum atomic E-state index is 12.1. The highest BCUT2D eigenvalue weighted by atomic mass is 79.9. The molecule has 0 fully saturated rings. The van der Waals surface area contributed by atoms with Crippen LogP contribution in [0, 0.1) is 0 Å². The number of hydrogen-bond donors (Lipinski definition) is 0. The van der Waals surface area contributed by atoms with Gasteiger partial charge in [0.25, 0.3) is 5.91 Å². The lowest BCUT2D eigenvalue weighted by Gasteiger charge is -2.08. The Morgan fingerprint density at radius 2 is 2.09 bits per heavy atom. The molecule has 1 aliphatic rings. The fourth-order valence-corrected chi connectivity index (χ4v) is 2.71. The first-order valence-corrected chi connectivity index (χ1v) is 7.76. The number of rotatable bonds is 5. The Morgan fingerprint density at radius 1 is 1.26 bits per heavy atom. The lowest BCUT2D eigenvalue weighted by molar-refractivity contribution is -0.120. The molecule has 2 heterocycles. The summed E-state index contributed by atoms with van der Waals surface area (Å²) < 4.78 is 6.71. The molecule has 2 aromatic rings. The zero-order valence-corrected chi connectivity index (χ0v) is 13.7. The van der Waals surface area contributed by atoms with Crippen molar-refractivity contribution in [2.24, 2.45) is 4.99 Å². The highest BCUT2D eigenvalue weighted by molar-refractivity contribution is 9.10. The van der Waals surface area contributed by atoms with Crippen LogP contribution in [-0.4, -0.2) is 29.1 Å². The molecule has 0 spiro atoms. The van der Waals surface area contributed by atoms with Crippen molar-refractivity contribution in [1.29, 1.82) is 0 Å². The van der Waals surface area contributed by atoms with E-state index in [9.17, 15) is 9.59 Å². The summed E-state index contributed by atoms with van der Waals surface area (Å²) >= 11 is 3.42. The maximum Gasteiger partial charge on any atom is 0.351 e. The van der Waals surface area contributed by atoms with Crippen LogP contribution in [-0.2, 0) is 11.2 Å². The number of carbonyl (C=O) groups is 2. The second-order valence-electron chi connectivity index (χ2n) is 5.00. The smallest absolute Gasteiger partial charge is 0.351 e. The van der Waals surface area contributed by atoms with Gasteiger partial charge in [-0.05, 0) is 24.3 Å². The Labute approximate surface area is 141 Å². The second-order valence-corrected chi connectivity index (χ2v) is 5.91. The monoisotopic (exact) mass is 372 g/mol. The van der Waals surface area contributed by atoms with Crippen molar-refractivity contribution in [2.75, 3.05) is 6.54 Å². The molecule has 5 nitrogen and oxygen atoms in total. The number of hydrogen-bond acceptors (Lipinski definition) is 3. The van der Waals surface area contributed by atoms with Crippen molar-refractivity contribution in [3.05, 3.63) is 59.3 Å². The van der Waals surface area contributed by atoms with Gasteiger partial charge in [0.1, 0.15) is 17.2 Å². The molecule has 0 unspecified atom stereocenters. The number of benzene rings is 1. The zero-order valence-electron chi connectivity index (χ0n) is 12.2. The van der Waals surface area contributed by atoms with Gasteiger partial charge in [0.15, 0.2) is 0 Å². The molecule has 0 aliphatic carbocycles. The molecule has 116 valence electrons. The molecule has 0 radical (unpaired) electrons. The van der Waals surface area contributed by atoms with Gasteiger partial charge in [-0.25, -0.2) is 4.79 Å². The normalized spacial score (nSPS) is 14.3. The quantitative estimate of drug-likeness (QED) is 0.749. The van der Waals surface area contributed by atoms with Crippen molar-refractivity contribution in [3.63, 3.8) is 0 Å². The molecule has 1 aliphatic heterocycles. The lowest BCUT2D eigenvalue weighted by Crippen LogP contribution is -2.33. The first-order chi connectivity index (χ1) is 11.1. The van der Waals surface area contributed by atoms with E-state index in [1.165, 1.54) is 6.08 Å². The molecule has 0 atom stereocenters. The first-order valence-electron chi connectivity index (χ1n) is 6.97. The molecular formula is C17H13BrN2O3. The van der Waals surface area contributed by atoms with E-state index in [1.54, 1.807) is 6.07 Å². The van der Waals surface area contributed by atoms with Crippen LogP contribution in [0.3, 0.4) is 0 Å². The van der Waals surface area contributed by atoms with Crippen LogP contribution in [0.15, 0.2) is 62.9 Å². The molecule has 0 saturated heterocycles. The number of aliphatic imine (C=N–C) groups is 1. The maximum absolute atomic E-state index is 12.1. The van der Waals surface area contributed by atoms with Crippen LogP contribution >= 0.6 is 15.9 Å². The third kappa shape index (κ3) is 3.17. The topological polar surface area (TPSA) is 62.9 Å². The van der Waals surface area contributed by atoms with E-state index in [1.807, 2.05) is 30.3 Å². The first kappa shape index (κ1) is 15.4. The van der Waals surface area contributed by atoms with Crippen LogP contribution in [0.5, 0.6) is 0 Å². The average Bonchev–Trinajstić information content (AvgIpc) is 3.09. The van der Waals surface area contributed by atoms with Crippen molar-refractivity contribution < 1.29 is 14.0 Å². The second kappa shape index (κ2) is 6.34. The molecule has 0 saturated carbocycles. The van der Waals surface area contributed by atoms with Crippen molar-refractivity contribution >= 4 is 33.6 Å². The highest BCUT2D eigenvalue weighted by Crippen LogP contribution is 2.25. The van der Waals surface area contributed by atoms with Gasteiger partial charge in [0.2, 0.25) is 0 Å². The number of urea groups is 1. The Kier molecular flexibility index (Phi) is 4.25. The van der Waals surface area contributed by atoms with E-state index < -0.39 is 11.9 Å². The summed E-state index contributed by atoms with van der Waals surface area (Å²) in [5, 5.41) is 0. The molecule has 1 aromatic carbocycles. The minimum atomic E-state index is -0.552. The number of halogens is 1. The van der Waals surface area contributed by atoms with Gasteiger partial charge >= 0.3 is 6.03 Å². The average molecular weight is 373 g/mol. The Bertz CT molecular complexity index is 823. The standard InChI is InChI=1S/C17H13BrN2O3/c1-2-8-20-16(21)14(19-17(20)22)10-13-6-7-15(23-13)11-4-3-5-12(18)9-11/h2-7,9H,1,8,10H2. The van der Waals surface area contributed by atoms with Crippen LogP contribution in [0.25, 0.3) is 11.3 Å². The summed E-state index contributed by atoms with van der Waals surface area (Å²) in [5.41, 5.74) is 1.11. The number of nitrogens with zero attached hydrogens (tertiary/aromatic N) is 2. The fourth-order valence-electron chi connectivity index (χ4n) is 2.31. The van der Waals surface area contributed by atoms with E-state index >= 15 is 0 Å². The van der Waals surface area contributed by atoms with Gasteiger partial charge in [0, 0.05) is 16.6 Å². The van der Waals surface area contributed by atoms with Gasteiger partial charge in [-0.2, -0.15) is 4.99 Å². The van der Waals surface area contributed by atoms with Crippen LogP contribution in [0.2, 0.25) is 0 Å². The van der Waals surface area contributed by atoms with E-state index in [-0.39, 0.29) is 18.7 Å². The van der Waals surface area contributed by atoms with E-state index in [0.29, 0.717) is 11.5 Å². The van der Waals surface area contributed by atoms with E-state index in [2.05, 4.69) is 27.5 Å². The molecule has 1 aromatic heterocycles. The fraction of sp³-hybridized carbons (Fsp3) is 0.118. The van der Waals surface area contributed by atoms with Crippen LogP contribution in [0.4, 0.5) is 4.79 Å². The van der Waals surface area contributed by atoms with Crippen molar-refractivity contribution in [2.45, 2.75) is 6.42 Å². The molecular weight excluding hydrogens is 360 g/mol. The number of carbonyl (C=O) groups excluding carboxylic acids is 2. The van der Waals surface area contributed by atoms with Gasteiger partial charge in [-0.1, -0.05) is 34.1 Å². The number of furan rings is 1. The summed E-state index contributed by atoms with van der Waals surface area (Å²) in [5.74, 6) is 0.886. The molecule has 6 heteroatoms. The summed E-state index contributed by atoms with van der Waals surface area (Å²) in [4.78, 5) is 28.6. The summed E-state index contributed by atoms with van der Waals surface area (Å²) in [6.45, 7) is 3.69. The summed E-state index contributed by atoms with van der Waals surface area (Å²) in [7, 11) is 0. The van der Waals surface area contributed by atoms with Crippen molar-refractivity contribution in [3.8, 4) is 11.3 Å². The molecule has 3 amide bonds. The third-order valence-electron chi connectivity index (χ3n) is 3.38. The Balaban J connectivity index is 1.78. The zero-order chi connectivity index (χ0) is 16.4. The number of imide groups is 1. The largest absolute Gasteiger partial charge is 0.461 e. The van der Waals surface area contributed by atoms with E-state index in [4.69, 9.17) is 4.42 Å². The molecule has 3 rings (SSSR count). The predicted octanol–water partition coefficient (Wildman–Crippen LogP) is 3.84. The third-order valence-corrected chi connectivity index (χ3v) is 3.87. The van der Waals surface area contributed by atoms with Gasteiger partial charge < -0.3 is 4.42 Å². The Hall–Kier alpha value is -2.47. The summed E-state index contributed by atoms with van der Waals surface area (Å²) in [6.07, 6.45) is 1.68. The van der Waals surface area contributed by atoms with Gasteiger partial charge in [0.05, 0.1) is 6.42 Å². The minimum absolute atomic E-state index is 0.159. The number of amides is 3. The Morgan fingerprint density at radius 3 is 2.83 bits per heavy atom. The van der Waals surface area contributed by atoms with Crippen LogP contribution in [0.1, 0.15) is 5.76 Å². The van der Waals surface area contributed by atoms with Crippen molar-refractivity contribution in [1.82, 2.24) is 4.90 Å². The lowest BCUT2D eigenvalue weighted by atomic mass is 10.2. The molecule has 0 N–H and O–H groups in total. The highest BCUT2D eigenvalue weighted by Gasteiger charge is 2.32. The predicted molar refractivity (Wildman–Crippen MR) is 90.3 cm³/mol. The van der Waals surface area contributed by atoms with Gasteiger partial charge in [-0.15, -0.1) is 6.58 Å². The minimum Gasteiger partial charge on any atom is -0.461 e. The van der Waals surface area contributed by atoms with Gasteiger partial charge in [-0.3, -0.25) is 9.69 Å². The summed E-state index contributed by atoms with van der Waals surface area (Å²) in [6, 6.07) is 10.8. The molecule has 0 bridgehead atoms. The molecule has 23 heavy (non-hydrogen) atoms. The SMILES string of the molecule is C=CCN1C(=O)N=C(Cc2ccc(-c3cccc(Br)c3)o2)C1=O. The van der Waals surface area contributed by atoms with E-state index in [0.717, 1.165) is 14.9 Å². The van der Waals surface area contributed by atoms with Crippen LogP contribution < -0.4 is 0 Å².